The highest BCUT2D eigenvalue weighted by Crippen LogP contribution is 2.21. The standard InChI is InChI=1S/C18H21FN2O4S/c1-13(14-4-6-15(19)7-5-14)20-18(22)12-21(26(3,23)24)16-8-10-17(25-2)11-9-16/h4-11,13H,12H2,1-3H3,(H,20,22)/t13-/m1/s1. The number of sulfonamides is 1. The minimum Gasteiger partial charge on any atom is -0.497 e. The van der Waals surface area contributed by atoms with Gasteiger partial charge in [0.05, 0.1) is 25.1 Å². The van der Waals surface area contributed by atoms with Gasteiger partial charge in [-0.05, 0) is 48.9 Å². The zero-order valence-corrected chi connectivity index (χ0v) is 15.6. The molecule has 2 rings (SSSR count). The van der Waals surface area contributed by atoms with E-state index >= 15 is 0 Å². The molecule has 1 N–H and O–H groups in total. The second-order valence-electron chi connectivity index (χ2n) is 5.81. The summed E-state index contributed by atoms with van der Waals surface area (Å²) < 4.78 is 43.2. The molecule has 0 heterocycles. The van der Waals surface area contributed by atoms with E-state index in [1.807, 2.05) is 0 Å². The normalized spacial score (nSPS) is 12.3. The van der Waals surface area contributed by atoms with E-state index in [1.54, 1.807) is 43.3 Å². The molecule has 1 atom stereocenters. The highest BCUT2D eigenvalue weighted by Gasteiger charge is 2.22. The Kier molecular flexibility index (Phi) is 6.20. The van der Waals surface area contributed by atoms with Crippen LogP contribution in [0.2, 0.25) is 0 Å². The smallest absolute Gasteiger partial charge is 0.241 e. The minimum absolute atomic E-state index is 0.359. The van der Waals surface area contributed by atoms with E-state index in [0.29, 0.717) is 11.4 Å². The molecular formula is C18H21FN2O4S. The fraction of sp³-hybridized carbons (Fsp3) is 0.278. The Labute approximate surface area is 152 Å². The number of nitrogens with one attached hydrogen (secondary N) is 1. The predicted molar refractivity (Wildman–Crippen MR) is 98.1 cm³/mol. The van der Waals surface area contributed by atoms with Gasteiger partial charge in [0.25, 0.3) is 0 Å². The molecule has 0 radical (unpaired) electrons. The number of hydrogen-bond acceptors (Lipinski definition) is 4. The van der Waals surface area contributed by atoms with Crippen molar-refractivity contribution in [1.82, 2.24) is 5.32 Å². The number of halogens is 1. The predicted octanol–water partition coefficient (Wildman–Crippen LogP) is 2.48. The number of rotatable bonds is 7. The van der Waals surface area contributed by atoms with Gasteiger partial charge < -0.3 is 10.1 Å². The maximum Gasteiger partial charge on any atom is 0.241 e. The molecule has 0 saturated heterocycles. The highest BCUT2D eigenvalue weighted by atomic mass is 32.2. The number of carbonyl (C=O) groups is 1. The summed E-state index contributed by atoms with van der Waals surface area (Å²) in [6.07, 6.45) is 1.04. The first-order valence-corrected chi connectivity index (χ1v) is 9.72. The molecule has 0 bridgehead atoms. The number of hydrogen-bond donors (Lipinski definition) is 1. The van der Waals surface area contributed by atoms with Gasteiger partial charge in [0.1, 0.15) is 18.1 Å². The fourth-order valence-corrected chi connectivity index (χ4v) is 3.26. The summed E-state index contributed by atoms with van der Waals surface area (Å²) in [6, 6.07) is 11.7. The Morgan fingerprint density at radius 1 is 1.15 bits per heavy atom. The van der Waals surface area contributed by atoms with Crippen LogP contribution in [0.1, 0.15) is 18.5 Å². The van der Waals surface area contributed by atoms with Gasteiger partial charge in [0.2, 0.25) is 15.9 Å². The van der Waals surface area contributed by atoms with E-state index in [1.165, 1.54) is 19.2 Å². The Morgan fingerprint density at radius 3 is 2.23 bits per heavy atom. The van der Waals surface area contributed by atoms with Gasteiger partial charge in [-0.3, -0.25) is 9.10 Å². The van der Waals surface area contributed by atoms with Crippen LogP contribution < -0.4 is 14.4 Å². The fourth-order valence-electron chi connectivity index (χ4n) is 2.40. The largest absolute Gasteiger partial charge is 0.497 e. The van der Waals surface area contributed by atoms with Crippen molar-refractivity contribution in [3.63, 3.8) is 0 Å². The molecular weight excluding hydrogens is 359 g/mol. The van der Waals surface area contributed by atoms with E-state index in [2.05, 4.69) is 5.32 Å². The van der Waals surface area contributed by atoms with Crippen LogP contribution >= 0.6 is 0 Å². The Morgan fingerprint density at radius 2 is 1.73 bits per heavy atom. The quantitative estimate of drug-likeness (QED) is 0.801. The Balaban J connectivity index is 2.12. The van der Waals surface area contributed by atoms with E-state index in [9.17, 15) is 17.6 Å². The first-order valence-electron chi connectivity index (χ1n) is 7.87. The van der Waals surface area contributed by atoms with Gasteiger partial charge in [-0.1, -0.05) is 12.1 Å². The Hall–Kier alpha value is -2.61. The summed E-state index contributed by atoms with van der Waals surface area (Å²) in [7, 11) is -2.15. The topological polar surface area (TPSA) is 75.7 Å². The number of ether oxygens (including phenoxy) is 1. The number of nitrogens with zero attached hydrogens (tertiary/aromatic N) is 1. The van der Waals surface area contributed by atoms with Gasteiger partial charge in [-0.2, -0.15) is 0 Å². The second kappa shape index (κ2) is 8.18. The monoisotopic (exact) mass is 380 g/mol. The van der Waals surface area contributed by atoms with Crippen LogP contribution in [-0.4, -0.2) is 34.2 Å². The number of benzene rings is 2. The molecule has 2 aromatic rings. The van der Waals surface area contributed by atoms with Gasteiger partial charge in [0, 0.05) is 0 Å². The third kappa shape index (κ3) is 5.19. The summed E-state index contributed by atoms with van der Waals surface area (Å²) in [5, 5.41) is 2.72. The van der Waals surface area contributed by atoms with Crippen LogP contribution in [0.4, 0.5) is 10.1 Å². The van der Waals surface area contributed by atoms with Crippen molar-refractivity contribution in [1.29, 1.82) is 0 Å². The lowest BCUT2D eigenvalue weighted by Crippen LogP contribution is -2.41. The molecule has 0 aromatic heterocycles. The first-order chi connectivity index (χ1) is 12.2. The summed E-state index contributed by atoms with van der Waals surface area (Å²) in [4.78, 5) is 12.3. The van der Waals surface area contributed by atoms with E-state index < -0.39 is 15.9 Å². The third-order valence-electron chi connectivity index (χ3n) is 3.80. The van der Waals surface area contributed by atoms with Crippen LogP contribution in [0.3, 0.4) is 0 Å². The van der Waals surface area contributed by atoms with Crippen LogP contribution in [0.25, 0.3) is 0 Å². The van der Waals surface area contributed by atoms with E-state index in [0.717, 1.165) is 16.1 Å². The lowest BCUT2D eigenvalue weighted by molar-refractivity contribution is -0.120. The summed E-state index contributed by atoms with van der Waals surface area (Å²) in [6.45, 7) is 1.38. The molecule has 0 spiro atoms. The van der Waals surface area contributed by atoms with Crippen LogP contribution in [0, 0.1) is 5.82 Å². The van der Waals surface area contributed by atoms with Gasteiger partial charge >= 0.3 is 0 Å². The van der Waals surface area contributed by atoms with Crippen molar-refractivity contribution in [2.45, 2.75) is 13.0 Å². The van der Waals surface area contributed by atoms with E-state index in [4.69, 9.17) is 4.74 Å². The molecule has 0 fully saturated rings. The average molecular weight is 380 g/mol. The highest BCUT2D eigenvalue weighted by molar-refractivity contribution is 7.92. The molecule has 0 unspecified atom stereocenters. The lowest BCUT2D eigenvalue weighted by Gasteiger charge is -2.23. The van der Waals surface area contributed by atoms with Crippen LogP contribution in [0.15, 0.2) is 48.5 Å². The SMILES string of the molecule is COc1ccc(N(CC(=O)N[C@H](C)c2ccc(F)cc2)S(C)(=O)=O)cc1. The summed E-state index contributed by atoms with van der Waals surface area (Å²) in [5.41, 5.74) is 1.08. The van der Waals surface area contributed by atoms with Crippen LogP contribution in [0.5, 0.6) is 5.75 Å². The lowest BCUT2D eigenvalue weighted by atomic mass is 10.1. The van der Waals surface area contributed by atoms with Crippen LogP contribution in [-0.2, 0) is 14.8 Å². The van der Waals surface area contributed by atoms with Gasteiger partial charge in [0.15, 0.2) is 0 Å². The first kappa shape index (κ1) is 19.7. The number of methoxy groups -OCH3 is 1. The summed E-state index contributed by atoms with van der Waals surface area (Å²) >= 11 is 0. The number of amides is 1. The molecule has 6 nitrogen and oxygen atoms in total. The Bertz CT molecular complexity index is 852. The maximum absolute atomic E-state index is 13.0. The van der Waals surface area contributed by atoms with Crippen molar-refractivity contribution >= 4 is 21.6 Å². The molecule has 0 saturated carbocycles. The van der Waals surface area contributed by atoms with Crippen molar-refractivity contribution in [2.75, 3.05) is 24.2 Å². The number of anilines is 1. The molecule has 0 aliphatic carbocycles. The molecule has 2 aromatic carbocycles. The average Bonchev–Trinajstić information content (AvgIpc) is 2.59. The molecule has 1 amide bonds. The van der Waals surface area contributed by atoms with Crippen molar-refractivity contribution in [3.05, 3.63) is 59.9 Å². The zero-order chi connectivity index (χ0) is 19.3. The molecule has 140 valence electrons. The molecule has 0 aliphatic heterocycles. The molecule has 0 aliphatic rings. The minimum atomic E-state index is -3.66. The van der Waals surface area contributed by atoms with E-state index in [-0.39, 0.29) is 18.4 Å². The summed E-state index contributed by atoms with van der Waals surface area (Å²) in [5.74, 6) is -0.255. The maximum atomic E-state index is 13.0. The van der Waals surface area contributed by atoms with Gasteiger partial charge in [-0.25, -0.2) is 12.8 Å². The molecule has 8 heteroatoms. The zero-order valence-electron chi connectivity index (χ0n) is 14.8. The number of carbonyl (C=O) groups excluding carboxylic acids is 1. The van der Waals surface area contributed by atoms with Crippen molar-refractivity contribution in [2.24, 2.45) is 0 Å². The molecule has 26 heavy (non-hydrogen) atoms. The van der Waals surface area contributed by atoms with Gasteiger partial charge in [-0.15, -0.1) is 0 Å². The van der Waals surface area contributed by atoms with Crippen molar-refractivity contribution in [3.8, 4) is 5.75 Å². The second-order valence-corrected chi connectivity index (χ2v) is 7.72. The third-order valence-corrected chi connectivity index (χ3v) is 4.94. The van der Waals surface area contributed by atoms with Crippen molar-refractivity contribution < 1.29 is 22.3 Å².